The highest BCUT2D eigenvalue weighted by atomic mass is 16.1. The summed E-state index contributed by atoms with van der Waals surface area (Å²) in [6, 6.07) is 9.64. The van der Waals surface area contributed by atoms with E-state index in [0.29, 0.717) is 11.4 Å². The summed E-state index contributed by atoms with van der Waals surface area (Å²) >= 11 is 0. The van der Waals surface area contributed by atoms with Crippen LogP contribution >= 0.6 is 0 Å². The largest absolute Gasteiger partial charge is 0.320 e. The van der Waals surface area contributed by atoms with Crippen LogP contribution in [0.4, 0.5) is 0 Å². The van der Waals surface area contributed by atoms with Crippen molar-refractivity contribution in [3.8, 4) is 11.4 Å². The summed E-state index contributed by atoms with van der Waals surface area (Å²) in [5.41, 5.74) is 1.40. The summed E-state index contributed by atoms with van der Waals surface area (Å²) in [6.07, 6.45) is 5.23. The van der Waals surface area contributed by atoms with Gasteiger partial charge in [-0.1, -0.05) is 18.2 Å². The lowest BCUT2D eigenvalue weighted by atomic mass is 10.1. The third-order valence-electron chi connectivity index (χ3n) is 4.58. The van der Waals surface area contributed by atoms with E-state index in [1.54, 1.807) is 24.1 Å². The van der Waals surface area contributed by atoms with Gasteiger partial charge in [0.1, 0.15) is 12.2 Å². The van der Waals surface area contributed by atoms with E-state index in [1.165, 1.54) is 0 Å². The third-order valence-corrected chi connectivity index (χ3v) is 4.58. The Morgan fingerprint density at radius 3 is 2.72 bits per heavy atom. The van der Waals surface area contributed by atoms with Crippen molar-refractivity contribution in [1.29, 1.82) is 0 Å². The molecule has 0 radical (unpaired) electrons. The molecule has 25 heavy (non-hydrogen) atoms. The Bertz CT molecular complexity index is 1120. The minimum atomic E-state index is -0.0961. The summed E-state index contributed by atoms with van der Waals surface area (Å²) in [6.45, 7) is 2.01. The highest BCUT2D eigenvalue weighted by Crippen LogP contribution is 2.24. The van der Waals surface area contributed by atoms with E-state index < -0.39 is 0 Å². The van der Waals surface area contributed by atoms with Gasteiger partial charge in [0, 0.05) is 26.5 Å². The lowest BCUT2D eigenvalue weighted by Crippen LogP contribution is -2.21. The van der Waals surface area contributed by atoms with E-state index >= 15 is 0 Å². The van der Waals surface area contributed by atoms with E-state index in [-0.39, 0.29) is 11.6 Å². The van der Waals surface area contributed by atoms with Gasteiger partial charge in [-0.25, -0.2) is 4.98 Å². The lowest BCUT2D eigenvalue weighted by Gasteiger charge is -2.16. The molecule has 3 aromatic heterocycles. The van der Waals surface area contributed by atoms with Crippen LogP contribution in [0, 0.1) is 0 Å². The van der Waals surface area contributed by atoms with Gasteiger partial charge in [0.05, 0.1) is 17.1 Å². The highest BCUT2D eigenvalue weighted by molar-refractivity contribution is 5.83. The van der Waals surface area contributed by atoms with Crippen molar-refractivity contribution < 1.29 is 0 Å². The number of rotatable bonds is 3. The smallest absolute Gasteiger partial charge is 0.261 e. The maximum atomic E-state index is 12.9. The van der Waals surface area contributed by atoms with E-state index in [0.717, 1.165) is 16.7 Å². The molecule has 0 spiro atoms. The van der Waals surface area contributed by atoms with Crippen LogP contribution in [0.5, 0.6) is 0 Å². The van der Waals surface area contributed by atoms with Gasteiger partial charge in [0.15, 0.2) is 5.82 Å². The van der Waals surface area contributed by atoms with Crippen molar-refractivity contribution in [2.45, 2.75) is 13.0 Å². The Labute approximate surface area is 144 Å². The highest BCUT2D eigenvalue weighted by Gasteiger charge is 2.20. The molecular formula is C18H18N6O. The molecule has 7 nitrogen and oxygen atoms in total. The van der Waals surface area contributed by atoms with Crippen LogP contribution < -0.4 is 5.56 Å². The van der Waals surface area contributed by atoms with Crippen molar-refractivity contribution in [2.24, 2.45) is 14.1 Å². The molecule has 0 bridgehead atoms. The number of fused-ring (bicyclic) bond motifs is 1. The van der Waals surface area contributed by atoms with Gasteiger partial charge in [0.25, 0.3) is 5.56 Å². The number of imidazole rings is 1. The van der Waals surface area contributed by atoms with Crippen LogP contribution in [-0.4, -0.2) is 28.9 Å². The van der Waals surface area contributed by atoms with Crippen molar-refractivity contribution in [2.75, 3.05) is 0 Å². The van der Waals surface area contributed by atoms with Crippen LogP contribution in [0.2, 0.25) is 0 Å². The normalized spacial score (nSPS) is 12.6. The number of benzene rings is 1. The van der Waals surface area contributed by atoms with Crippen LogP contribution in [0.25, 0.3) is 22.3 Å². The molecule has 1 unspecified atom stereocenters. The Kier molecular flexibility index (Phi) is 3.49. The van der Waals surface area contributed by atoms with Gasteiger partial charge in [-0.2, -0.15) is 0 Å². The first-order valence-electron chi connectivity index (χ1n) is 8.04. The average molecular weight is 334 g/mol. The van der Waals surface area contributed by atoms with Gasteiger partial charge in [-0.3, -0.25) is 4.79 Å². The molecule has 3 heterocycles. The van der Waals surface area contributed by atoms with Gasteiger partial charge in [-0.15, -0.1) is 10.2 Å². The summed E-state index contributed by atoms with van der Waals surface area (Å²) < 4.78 is 5.49. The number of aryl methyl sites for hydroxylation is 2. The standard InChI is InChI=1S/C18H18N6O/c1-12(16-21-20-11-22(16)2)24-9-8-19-17(24)14-10-13-6-4-5-7-15(13)23(3)18(14)25/h4-12H,1-3H3. The number of nitrogens with zero attached hydrogens (tertiary/aromatic N) is 6. The van der Waals surface area contributed by atoms with Gasteiger partial charge < -0.3 is 13.7 Å². The third kappa shape index (κ3) is 2.36. The maximum absolute atomic E-state index is 12.9. The van der Waals surface area contributed by atoms with Crippen LogP contribution in [0.15, 0.2) is 53.8 Å². The molecule has 4 rings (SSSR count). The average Bonchev–Trinajstić information content (AvgIpc) is 3.26. The molecule has 0 saturated heterocycles. The number of pyridine rings is 1. The molecule has 126 valence electrons. The zero-order valence-corrected chi connectivity index (χ0v) is 14.3. The Morgan fingerprint density at radius 2 is 1.96 bits per heavy atom. The Hall–Kier alpha value is -3.22. The van der Waals surface area contributed by atoms with E-state index in [9.17, 15) is 4.79 Å². The number of aromatic nitrogens is 6. The minimum absolute atomic E-state index is 0.0729. The Morgan fingerprint density at radius 1 is 1.16 bits per heavy atom. The molecule has 0 N–H and O–H groups in total. The molecule has 1 atom stereocenters. The summed E-state index contributed by atoms with van der Waals surface area (Å²) in [5.74, 6) is 1.43. The van der Waals surface area contributed by atoms with E-state index in [1.807, 2.05) is 59.6 Å². The fourth-order valence-electron chi connectivity index (χ4n) is 3.21. The molecule has 0 aliphatic heterocycles. The zero-order chi connectivity index (χ0) is 17.6. The van der Waals surface area contributed by atoms with Crippen molar-refractivity contribution >= 4 is 10.9 Å². The fraction of sp³-hybridized carbons (Fsp3) is 0.222. The van der Waals surface area contributed by atoms with Gasteiger partial charge >= 0.3 is 0 Å². The second kappa shape index (κ2) is 5.70. The van der Waals surface area contributed by atoms with Crippen molar-refractivity contribution in [3.63, 3.8) is 0 Å². The summed E-state index contributed by atoms with van der Waals surface area (Å²) in [4.78, 5) is 17.3. The molecule has 4 aromatic rings. The molecule has 0 fully saturated rings. The molecule has 0 aliphatic rings. The molecule has 0 aliphatic carbocycles. The first kappa shape index (κ1) is 15.3. The monoisotopic (exact) mass is 334 g/mol. The minimum Gasteiger partial charge on any atom is -0.320 e. The molecule has 0 amide bonds. The first-order valence-corrected chi connectivity index (χ1v) is 8.04. The molecule has 1 aromatic carbocycles. The van der Waals surface area contributed by atoms with Crippen LogP contribution in [0.1, 0.15) is 18.8 Å². The predicted molar refractivity (Wildman–Crippen MR) is 95.2 cm³/mol. The predicted octanol–water partition coefficient (Wildman–Crippen LogP) is 2.14. The van der Waals surface area contributed by atoms with Crippen LogP contribution in [-0.2, 0) is 14.1 Å². The van der Waals surface area contributed by atoms with Gasteiger partial charge in [0.2, 0.25) is 0 Å². The number of hydrogen-bond acceptors (Lipinski definition) is 4. The summed E-state index contributed by atoms with van der Waals surface area (Å²) in [5, 5.41) is 9.12. The van der Waals surface area contributed by atoms with E-state index in [2.05, 4.69) is 15.2 Å². The van der Waals surface area contributed by atoms with E-state index in [4.69, 9.17) is 0 Å². The molecule has 7 heteroatoms. The fourth-order valence-corrected chi connectivity index (χ4v) is 3.21. The maximum Gasteiger partial charge on any atom is 0.261 e. The van der Waals surface area contributed by atoms with Crippen molar-refractivity contribution in [3.05, 3.63) is 65.2 Å². The first-order chi connectivity index (χ1) is 12.1. The quantitative estimate of drug-likeness (QED) is 0.575. The second-order valence-corrected chi connectivity index (χ2v) is 6.12. The van der Waals surface area contributed by atoms with Gasteiger partial charge in [-0.05, 0) is 24.4 Å². The lowest BCUT2D eigenvalue weighted by molar-refractivity contribution is 0.578. The van der Waals surface area contributed by atoms with Crippen molar-refractivity contribution in [1.82, 2.24) is 28.9 Å². The Balaban J connectivity index is 1.92. The zero-order valence-electron chi connectivity index (χ0n) is 14.3. The summed E-state index contributed by atoms with van der Waals surface area (Å²) in [7, 11) is 3.69. The molecular weight excluding hydrogens is 316 g/mol. The number of para-hydroxylation sites is 1. The number of hydrogen-bond donors (Lipinski definition) is 0. The SMILES string of the molecule is CC(c1nncn1C)n1ccnc1-c1cc2ccccc2n(C)c1=O. The second-order valence-electron chi connectivity index (χ2n) is 6.12. The van der Waals surface area contributed by atoms with Crippen LogP contribution in [0.3, 0.4) is 0 Å². The molecule has 0 saturated carbocycles. The topological polar surface area (TPSA) is 70.5 Å².